The summed E-state index contributed by atoms with van der Waals surface area (Å²) in [6.45, 7) is 8.97. The maximum absolute atomic E-state index is 7.50. The number of nitrogens with one attached hydrogen (secondary N) is 1. The lowest BCUT2D eigenvalue weighted by molar-refractivity contribution is -0.102. The molecular weight excluding hydrogens is 228 g/mol. The van der Waals surface area contributed by atoms with Gasteiger partial charge in [0.05, 0.1) is 24.1 Å². The van der Waals surface area contributed by atoms with Crippen molar-refractivity contribution in [3.8, 4) is 0 Å². The number of hydrogen-bond acceptors (Lipinski definition) is 3. The van der Waals surface area contributed by atoms with Crippen LogP contribution in [0, 0.1) is 10.8 Å². The molecule has 0 spiro atoms. The maximum atomic E-state index is 7.50. The summed E-state index contributed by atoms with van der Waals surface area (Å²) in [5.74, 6) is 0.260. The van der Waals surface area contributed by atoms with Crippen LogP contribution in [0.5, 0.6) is 0 Å². The third kappa shape index (κ3) is 4.94. The molecule has 0 aromatic rings. The largest absolute Gasteiger partial charge is 0.387 e. The van der Waals surface area contributed by atoms with Crippen LogP contribution in [0.2, 0.25) is 0 Å². The van der Waals surface area contributed by atoms with Crippen LogP contribution in [0.25, 0.3) is 0 Å². The van der Waals surface area contributed by atoms with Gasteiger partial charge in [-0.1, -0.05) is 13.8 Å². The molecule has 2 atom stereocenters. The molecule has 18 heavy (non-hydrogen) atoms. The van der Waals surface area contributed by atoms with Crippen LogP contribution in [0.15, 0.2) is 0 Å². The van der Waals surface area contributed by atoms with Crippen LogP contribution in [0.3, 0.4) is 0 Å². The standard InChI is InChI=1S/C14H28N2O2/c1-10-8-12(9-11(2)18-10)17-7-5-6-14(3,4)13(15)16/h10-12H,5-9H2,1-4H3,(H3,15,16). The summed E-state index contributed by atoms with van der Waals surface area (Å²) < 4.78 is 11.6. The first-order valence-electron chi connectivity index (χ1n) is 6.93. The van der Waals surface area contributed by atoms with Gasteiger partial charge in [0, 0.05) is 12.0 Å². The Bertz CT molecular complexity index is 269. The van der Waals surface area contributed by atoms with E-state index in [0.717, 1.165) is 32.3 Å². The van der Waals surface area contributed by atoms with Gasteiger partial charge in [-0.3, -0.25) is 5.41 Å². The molecule has 0 aliphatic carbocycles. The summed E-state index contributed by atoms with van der Waals surface area (Å²) >= 11 is 0. The third-order valence-corrected chi connectivity index (χ3v) is 3.68. The molecule has 0 radical (unpaired) electrons. The van der Waals surface area contributed by atoms with Gasteiger partial charge in [0.2, 0.25) is 0 Å². The smallest absolute Gasteiger partial charge is 0.0963 e. The average Bonchev–Trinajstić information content (AvgIpc) is 2.23. The summed E-state index contributed by atoms with van der Waals surface area (Å²) in [6.07, 6.45) is 4.74. The Labute approximate surface area is 111 Å². The molecule has 1 aliphatic heterocycles. The molecule has 1 heterocycles. The second-order valence-electron chi connectivity index (χ2n) is 6.12. The lowest BCUT2D eigenvalue weighted by Crippen LogP contribution is -2.34. The minimum atomic E-state index is -0.209. The van der Waals surface area contributed by atoms with Crippen molar-refractivity contribution in [1.29, 1.82) is 5.41 Å². The Hall–Kier alpha value is -0.610. The number of nitrogens with two attached hydrogens (primary N) is 1. The zero-order valence-electron chi connectivity index (χ0n) is 12.2. The van der Waals surface area contributed by atoms with Gasteiger partial charge in [0.15, 0.2) is 0 Å². The number of ether oxygens (including phenoxy) is 2. The number of rotatable bonds is 6. The minimum absolute atomic E-state index is 0.209. The van der Waals surface area contributed by atoms with E-state index in [2.05, 4.69) is 13.8 Å². The zero-order valence-corrected chi connectivity index (χ0v) is 12.2. The SMILES string of the molecule is CC1CC(OCCCC(C)(C)C(=N)N)CC(C)O1. The van der Waals surface area contributed by atoms with Crippen LogP contribution in [-0.2, 0) is 9.47 Å². The molecule has 0 aromatic heterocycles. The van der Waals surface area contributed by atoms with Crippen molar-refractivity contribution in [2.75, 3.05) is 6.61 Å². The Morgan fingerprint density at radius 3 is 2.39 bits per heavy atom. The van der Waals surface area contributed by atoms with Crippen LogP contribution in [-0.4, -0.2) is 30.8 Å². The summed E-state index contributed by atoms with van der Waals surface area (Å²) in [4.78, 5) is 0. The van der Waals surface area contributed by atoms with Gasteiger partial charge in [0.25, 0.3) is 0 Å². The van der Waals surface area contributed by atoms with E-state index < -0.39 is 0 Å². The van der Waals surface area contributed by atoms with Crippen LogP contribution in [0.1, 0.15) is 53.4 Å². The highest BCUT2D eigenvalue weighted by molar-refractivity contribution is 5.82. The highest BCUT2D eigenvalue weighted by Crippen LogP contribution is 2.24. The molecule has 0 amide bonds. The topological polar surface area (TPSA) is 68.3 Å². The van der Waals surface area contributed by atoms with E-state index in [1.165, 1.54) is 0 Å². The van der Waals surface area contributed by atoms with Gasteiger partial charge in [-0.05, 0) is 39.5 Å². The summed E-state index contributed by atoms with van der Waals surface area (Å²) in [5, 5.41) is 7.50. The molecule has 1 saturated heterocycles. The average molecular weight is 256 g/mol. The van der Waals surface area contributed by atoms with Crippen molar-refractivity contribution in [2.45, 2.75) is 71.7 Å². The molecule has 0 bridgehead atoms. The maximum Gasteiger partial charge on any atom is 0.0963 e. The van der Waals surface area contributed by atoms with Crippen LogP contribution < -0.4 is 5.73 Å². The summed E-state index contributed by atoms with van der Waals surface area (Å²) in [7, 11) is 0. The minimum Gasteiger partial charge on any atom is -0.387 e. The second kappa shape index (κ2) is 6.53. The number of amidine groups is 1. The highest BCUT2D eigenvalue weighted by Gasteiger charge is 2.25. The molecule has 4 nitrogen and oxygen atoms in total. The van der Waals surface area contributed by atoms with Crippen molar-refractivity contribution >= 4 is 5.84 Å². The lowest BCUT2D eigenvalue weighted by atomic mass is 9.87. The predicted molar refractivity (Wildman–Crippen MR) is 73.9 cm³/mol. The Kier molecular flexibility index (Phi) is 5.60. The van der Waals surface area contributed by atoms with Gasteiger partial charge < -0.3 is 15.2 Å². The lowest BCUT2D eigenvalue weighted by Gasteiger charge is -2.32. The van der Waals surface area contributed by atoms with Gasteiger partial charge in [0.1, 0.15) is 0 Å². The van der Waals surface area contributed by atoms with E-state index in [4.69, 9.17) is 20.6 Å². The molecule has 106 valence electrons. The van der Waals surface area contributed by atoms with Gasteiger partial charge in [-0.25, -0.2) is 0 Å². The van der Waals surface area contributed by atoms with E-state index in [9.17, 15) is 0 Å². The van der Waals surface area contributed by atoms with E-state index in [1.54, 1.807) is 0 Å². The molecular formula is C14H28N2O2. The van der Waals surface area contributed by atoms with Crippen molar-refractivity contribution in [3.05, 3.63) is 0 Å². The van der Waals surface area contributed by atoms with Crippen LogP contribution in [0.4, 0.5) is 0 Å². The van der Waals surface area contributed by atoms with Crippen molar-refractivity contribution in [3.63, 3.8) is 0 Å². The molecule has 3 N–H and O–H groups in total. The molecule has 1 rings (SSSR count). The van der Waals surface area contributed by atoms with E-state index >= 15 is 0 Å². The normalized spacial score (nSPS) is 29.2. The van der Waals surface area contributed by atoms with Crippen molar-refractivity contribution in [1.82, 2.24) is 0 Å². The molecule has 1 aliphatic rings. The molecule has 0 saturated carbocycles. The van der Waals surface area contributed by atoms with Gasteiger partial charge >= 0.3 is 0 Å². The van der Waals surface area contributed by atoms with Gasteiger partial charge in [-0.2, -0.15) is 0 Å². The third-order valence-electron chi connectivity index (χ3n) is 3.68. The summed E-state index contributed by atoms with van der Waals surface area (Å²) in [6, 6.07) is 0. The fourth-order valence-electron chi connectivity index (χ4n) is 2.38. The second-order valence-corrected chi connectivity index (χ2v) is 6.12. The molecule has 2 unspecified atom stereocenters. The highest BCUT2D eigenvalue weighted by atomic mass is 16.5. The first kappa shape index (κ1) is 15.4. The van der Waals surface area contributed by atoms with E-state index in [1.807, 2.05) is 13.8 Å². The molecule has 4 heteroatoms. The molecule has 0 aromatic carbocycles. The van der Waals surface area contributed by atoms with Gasteiger partial charge in [-0.15, -0.1) is 0 Å². The fourth-order valence-corrected chi connectivity index (χ4v) is 2.38. The van der Waals surface area contributed by atoms with E-state index in [0.29, 0.717) is 18.3 Å². The first-order valence-corrected chi connectivity index (χ1v) is 6.93. The monoisotopic (exact) mass is 256 g/mol. The zero-order chi connectivity index (χ0) is 13.8. The molecule has 1 fully saturated rings. The quantitative estimate of drug-likeness (QED) is 0.436. The predicted octanol–water partition coefficient (Wildman–Crippen LogP) is 2.70. The first-order chi connectivity index (χ1) is 8.31. The van der Waals surface area contributed by atoms with Crippen LogP contribution >= 0.6 is 0 Å². The van der Waals surface area contributed by atoms with E-state index in [-0.39, 0.29) is 11.3 Å². The van der Waals surface area contributed by atoms with Crippen molar-refractivity contribution in [2.24, 2.45) is 11.1 Å². The Morgan fingerprint density at radius 1 is 1.33 bits per heavy atom. The Balaban J connectivity index is 2.20. The fraction of sp³-hybridized carbons (Fsp3) is 0.929. The number of hydrogen-bond donors (Lipinski definition) is 2. The Morgan fingerprint density at radius 2 is 1.89 bits per heavy atom. The summed E-state index contributed by atoms with van der Waals surface area (Å²) in [5.41, 5.74) is 5.35. The van der Waals surface area contributed by atoms with Crippen molar-refractivity contribution < 1.29 is 9.47 Å².